The molecule has 1 aromatic rings. The molecule has 2 nitrogen and oxygen atoms in total. The van der Waals surface area contributed by atoms with Crippen molar-refractivity contribution in [3.63, 3.8) is 0 Å². The van der Waals surface area contributed by atoms with Crippen LogP contribution in [-0.2, 0) is 17.6 Å². The minimum atomic E-state index is 0.209. The number of ketones is 1. The Hall–Kier alpha value is -0.890. The predicted octanol–water partition coefficient (Wildman–Crippen LogP) is 1.40. The fraction of sp³-hybridized carbons (Fsp3) is 0.250. The molecule has 1 heterocycles. The van der Waals surface area contributed by atoms with E-state index in [1.807, 2.05) is 0 Å². The third-order valence-corrected chi connectivity index (χ3v) is 2.18. The van der Waals surface area contributed by atoms with Crippen LogP contribution in [0.3, 0.4) is 0 Å². The molecule has 0 bridgehead atoms. The lowest BCUT2D eigenvalue weighted by Gasteiger charge is -1.96. The summed E-state index contributed by atoms with van der Waals surface area (Å²) in [5.74, 6) is 0.209. The molecule has 0 saturated carbocycles. The van der Waals surface area contributed by atoms with Gasteiger partial charge in [0.1, 0.15) is 5.78 Å². The van der Waals surface area contributed by atoms with Crippen LogP contribution in [0, 0.1) is 0 Å². The van der Waals surface area contributed by atoms with Crippen molar-refractivity contribution in [1.82, 2.24) is 4.98 Å². The minimum absolute atomic E-state index is 0.209. The molecule has 0 fully saturated rings. The largest absolute Gasteiger partial charge is 0.299 e. The van der Waals surface area contributed by atoms with E-state index in [4.69, 9.17) is 11.6 Å². The molecule has 11 heavy (non-hydrogen) atoms. The molecule has 0 atom stereocenters. The second-order valence-electron chi connectivity index (χ2n) is 2.61. The van der Waals surface area contributed by atoms with E-state index in [-0.39, 0.29) is 5.78 Å². The Morgan fingerprint density at radius 1 is 1.45 bits per heavy atom. The summed E-state index contributed by atoms with van der Waals surface area (Å²) in [6, 6.07) is 1.72. The van der Waals surface area contributed by atoms with Crippen molar-refractivity contribution in [2.24, 2.45) is 0 Å². The summed E-state index contributed by atoms with van der Waals surface area (Å²) >= 11 is 5.84. The summed E-state index contributed by atoms with van der Waals surface area (Å²) in [4.78, 5) is 15.0. The number of aromatic nitrogens is 1. The number of carbonyl (C=O) groups is 1. The van der Waals surface area contributed by atoms with Crippen molar-refractivity contribution in [2.45, 2.75) is 12.8 Å². The van der Waals surface area contributed by atoms with Gasteiger partial charge in [0.2, 0.25) is 0 Å². The molecule has 2 rings (SSSR count). The van der Waals surface area contributed by atoms with E-state index in [2.05, 4.69) is 4.98 Å². The van der Waals surface area contributed by atoms with Gasteiger partial charge in [-0.05, 0) is 6.07 Å². The van der Waals surface area contributed by atoms with Crippen molar-refractivity contribution < 1.29 is 4.79 Å². The number of fused-ring (bicyclic) bond motifs is 1. The van der Waals surface area contributed by atoms with Gasteiger partial charge in [-0.25, -0.2) is 0 Å². The number of nitrogens with zero attached hydrogens (tertiary/aromatic N) is 1. The van der Waals surface area contributed by atoms with Crippen LogP contribution in [-0.4, -0.2) is 10.8 Å². The Morgan fingerprint density at radius 2 is 2.27 bits per heavy atom. The summed E-state index contributed by atoms with van der Waals surface area (Å²) in [5.41, 5.74) is 1.77. The Bertz CT molecular complexity index is 322. The lowest BCUT2D eigenvalue weighted by atomic mass is 10.2. The highest BCUT2D eigenvalue weighted by Crippen LogP contribution is 2.24. The lowest BCUT2D eigenvalue weighted by molar-refractivity contribution is -0.117. The predicted molar refractivity (Wildman–Crippen MR) is 41.7 cm³/mol. The molecule has 0 spiro atoms. The second-order valence-corrected chi connectivity index (χ2v) is 3.02. The maximum Gasteiger partial charge on any atom is 0.143 e. The first kappa shape index (κ1) is 6.80. The highest BCUT2D eigenvalue weighted by atomic mass is 35.5. The zero-order valence-electron chi connectivity index (χ0n) is 5.80. The van der Waals surface area contributed by atoms with Crippen molar-refractivity contribution in [1.29, 1.82) is 0 Å². The monoisotopic (exact) mass is 167 g/mol. The minimum Gasteiger partial charge on any atom is -0.299 e. The first-order valence-corrected chi connectivity index (χ1v) is 3.79. The van der Waals surface area contributed by atoms with Gasteiger partial charge in [0.15, 0.2) is 0 Å². The SMILES string of the molecule is O=C1Cc2nccc(Cl)c2C1. The normalized spacial score (nSPS) is 15.2. The number of Topliss-reactive ketones (excluding diaryl/α,β-unsaturated/α-hetero) is 1. The molecule has 0 aromatic carbocycles. The molecule has 0 aliphatic heterocycles. The lowest BCUT2D eigenvalue weighted by Crippen LogP contribution is -1.93. The zero-order chi connectivity index (χ0) is 7.84. The highest BCUT2D eigenvalue weighted by Gasteiger charge is 2.21. The summed E-state index contributed by atoms with van der Waals surface area (Å²) in [5, 5.41) is 0.667. The summed E-state index contributed by atoms with van der Waals surface area (Å²) < 4.78 is 0. The van der Waals surface area contributed by atoms with Crippen LogP contribution in [0.4, 0.5) is 0 Å². The van der Waals surface area contributed by atoms with Crippen LogP contribution in [0.25, 0.3) is 0 Å². The van der Waals surface area contributed by atoms with Gasteiger partial charge in [-0.2, -0.15) is 0 Å². The number of carbonyl (C=O) groups excluding carboxylic acids is 1. The standard InChI is InChI=1S/C8H6ClNO/c9-7-1-2-10-8-4-5(11)3-6(7)8/h1-2H,3-4H2. The Balaban J connectivity index is 2.57. The van der Waals surface area contributed by atoms with E-state index in [1.54, 1.807) is 12.3 Å². The van der Waals surface area contributed by atoms with E-state index >= 15 is 0 Å². The third kappa shape index (κ3) is 1.03. The molecule has 3 heteroatoms. The quantitative estimate of drug-likeness (QED) is 0.585. The van der Waals surface area contributed by atoms with E-state index in [0.29, 0.717) is 17.9 Å². The van der Waals surface area contributed by atoms with E-state index < -0.39 is 0 Å². The summed E-state index contributed by atoms with van der Waals surface area (Å²) in [6.45, 7) is 0. The molecular formula is C8H6ClNO. The molecule has 1 aliphatic carbocycles. The second kappa shape index (κ2) is 2.31. The number of pyridine rings is 1. The van der Waals surface area contributed by atoms with Crippen molar-refractivity contribution in [2.75, 3.05) is 0 Å². The van der Waals surface area contributed by atoms with Gasteiger partial charge >= 0.3 is 0 Å². The maximum absolute atomic E-state index is 11.0. The van der Waals surface area contributed by atoms with Crippen LogP contribution in [0.2, 0.25) is 5.02 Å². The van der Waals surface area contributed by atoms with Gasteiger partial charge in [-0.1, -0.05) is 11.6 Å². The number of hydrogen-bond acceptors (Lipinski definition) is 2. The van der Waals surface area contributed by atoms with E-state index in [0.717, 1.165) is 11.3 Å². The fourth-order valence-corrected chi connectivity index (χ4v) is 1.53. The van der Waals surface area contributed by atoms with Gasteiger partial charge in [-0.3, -0.25) is 9.78 Å². The average Bonchev–Trinajstić information content (AvgIpc) is 2.31. The molecule has 0 saturated heterocycles. The first-order chi connectivity index (χ1) is 5.27. The Morgan fingerprint density at radius 3 is 3.00 bits per heavy atom. The molecule has 0 N–H and O–H groups in total. The number of rotatable bonds is 0. The number of halogens is 1. The van der Waals surface area contributed by atoms with Crippen molar-refractivity contribution in [3.05, 3.63) is 28.5 Å². The van der Waals surface area contributed by atoms with E-state index in [9.17, 15) is 4.79 Å². The molecule has 1 aromatic heterocycles. The van der Waals surface area contributed by atoms with Crippen LogP contribution in [0.5, 0.6) is 0 Å². The summed E-state index contributed by atoms with van der Waals surface area (Å²) in [7, 11) is 0. The first-order valence-electron chi connectivity index (χ1n) is 3.41. The fourth-order valence-electron chi connectivity index (χ4n) is 1.29. The zero-order valence-corrected chi connectivity index (χ0v) is 6.56. The Kier molecular flexibility index (Phi) is 1.43. The van der Waals surface area contributed by atoms with Crippen LogP contribution < -0.4 is 0 Å². The Labute approximate surface area is 69.2 Å². The molecule has 0 amide bonds. The van der Waals surface area contributed by atoms with Gasteiger partial charge < -0.3 is 0 Å². The molecule has 56 valence electrons. The van der Waals surface area contributed by atoms with Gasteiger partial charge in [0.05, 0.1) is 5.69 Å². The van der Waals surface area contributed by atoms with Gasteiger partial charge in [0, 0.05) is 29.6 Å². The van der Waals surface area contributed by atoms with Crippen LogP contribution in [0.15, 0.2) is 12.3 Å². The van der Waals surface area contributed by atoms with Gasteiger partial charge in [0.25, 0.3) is 0 Å². The smallest absolute Gasteiger partial charge is 0.143 e. The van der Waals surface area contributed by atoms with Crippen molar-refractivity contribution >= 4 is 17.4 Å². The molecule has 1 aliphatic rings. The van der Waals surface area contributed by atoms with Crippen molar-refractivity contribution in [3.8, 4) is 0 Å². The number of hydrogen-bond donors (Lipinski definition) is 0. The summed E-state index contributed by atoms with van der Waals surface area (Å²) in [6.07, 6.45) is 2.55. The average molecular weight is 168 g/mol. The molecule has 0 unspecified atom stereocenters. The highest BCUT2D eigenvalue weighted by molar-refractivity contribution is 6.31. The van der Waals surface area contributed by atoms with Crippen LogP contribution >= 0.6 is 11.6 Å². The topological polar surface area (TPSA) is 30.0 Å². The molecule has 0 radical (unpaired) electrons. The van der Waals surface area contributed by atoms with Crippen LogP contribution in [0.1, 0.15) is 11.3 Å². The third-order valence-electron chi connectivity index (χ3n) is 1.83. The molecular weight excluding hydrogens is 162 g/mol. The van der Waals surface area contributed by atoms with E-state index in [1.165, 1.54) is 0 Å². The maximum atomic E-state index is 11.0. The van der Waals surface area contributed by atoms with Gasteiger partial charge in [-0.15, -0.1) is 0 Å².